The Morgan fingerprint density at radius 1 is 1.00 bits per heavy atom. The Hall–Kier alpha value is 0.01000. The van der Waals surface area contributed by atoms with Gasteiger partial charge in [-0.1, -0.05) is 13.8 Å². The van der Waals surface area contributed by atoms with Gasteiger partial charge < -0.3 is 25.7 Å². The molecule has 0 aromatic rings. The van der Waals surface area contributed by atoms with Gasteiger partial charge in [-0.15, -0.1) is 23.5 Å². The van der Waals surface area contributed by atoms with E-state index in [1.807, 2.05) is 13.8 Å². The van der Waals surface area contributed by atoms with Gasteiger partial charge in [0.1, 0.15) is 18.3 Å². The molecule has 120 valence electrons. The maximum Gasteiger partial charge on any atom is 0.216 e. The second-order valence-electron chi connectivity index (χ2n) is 4.26. The Kier molecular flexibility index (Phi) is 10.7. The van der Waals surface area contributed by atoms with Crippen LogP contribution in [-0.2, 0) is 4.79 Å². The Morgan fingerprint density at radius 3 is 1.90 bits per heavy atom. The van der Waals surface area contributed by atoms with Gasteiger partial charge in [0.2, 0.25) is 5.91 Å². The minimum Gasteiger partial charge on any atom is -0.388 e. The summed E-state index contributed by atoms with van der Waals surface area (Å²) in [5.41, 5.74) is 0. The van der Waals surface area contributed by atoms with Crippen LogP contribution in [0.2, 0.25) is 0 Å². The van der Waals surface area contributed by atoms with Crippen LogP contribution in [0.4, 0.5) is 0 Å². The summed E-state index contributed by atoms with van der Waals surface area (Å²) in [6, 6.07) is 0. The molecule has 0 aromatic heterocycles. The maximum absolute atomic E-state index is 10.7. The van der Waals surface area contributed by atoms with Crippen molar-refractivity contribution in [2.45, 2.75) is 49.8 Å². The molecule has 0 heterocycles. The van der Waals surface area contributed by atoms with Gasteiger partial charge in [-0.05, 0) is 11.5 Å². The first-order valence-electron chi connectivity index (χ1n) is 6.55. The second kappa shape index (κ2) is 10.7. The average molecular weight is 327 g/mol. The summed E-state index contributed by atoms with van der Waals surface area (Å²) in [6.45, 7) is 4.99. The first kappa shape index (κ1) is 20.0. The summed E-state index contributed by atoms with van der Waals surface area (Å²) in [7, 11) is 0. The van der Waals surface area contributed by atoms with E-state index in [2.05, 4.69) is 5.32 Å². The molecule has 5 N–H and O–H groups in total. The number of amides is 1. The van der Waals surface area contributed by atoms with E-state index in [0.717, 1.165) is 11.5 Å². The second-order valence-corrected chi connectivity index (χ2v) is 7.39. The first-order valence-corrected chi connectivity index (χ1v) is 8.64. The van der Waals surface area contributed by atoms with Crippen molar-refractivity contribution >= 4 is 29.4 Å². The molecule has 0 rings (SSSR count). The van der Waals surface area contributed by atoms with Crippen LogP contribution in [0.25, 0.3) is 0 Å². The van der Waals surface area contributed by atoms with Crippen LogP contribution in [-0.4, -0.2) is 73.4 Å². The van der Waals surface area contributed by atoms with Gasteiger partial charge >= 0.3 is 0 Å². The fourth-order valence-corrected chi connectivity index (χ4v) is 4.11. The number of aliphatic hydroxyl groups excluding tert-OH is 4. The third kappa shape index (κ3) is 7.14. The largest absolute Gasteiger partial charge is 0.388 e. The van der Waals surface area contributed by atoms with E-state index in [4.69, 9.17) is 0 Å². The summed E-state index contributed by atoms with van der Waals surface area (Å²) < 4.78 is -0.275. The van der Waals surface area contributed by atoms with Crippen LogP contribution in [0.5, 0.6) is 0 Å². The highest BCUT2D eigenvalue weighted by Crippen LogP contribution is 2.29. The molecule has 0 radical (unpaired) electrons. The van der Waals surface area contributed by atoms with E-state index < -0.39 is 24.4 Å². The predicted octanol–water partition coefficient (Wildman–Crippen LogP) is -0.602. The van der Waals surface area contributed by atoms with Crippen molar-refractivity contribution in [2.24, 2.45) is 0 Å². The van der Waals surface area contributed by atoms with Gasteiger partial charge in [0.25, 0.3) is 0 Å². The molecule has 6 nitrogen and oxygen atoms in total. The van der Waals surface area contributed by atoms with Crippen LogP contribution >= 0.6 is 23.5 Å². The van der Waals surface area contributed by atoms with Gasteiger partial charge in [-0.3, -0.25) is 4.79 Å². The van der Waals surface area contributed by atoms with Crippen LogP contribution < -0.4 is 5.32 Å². The van der Waals surface area contributed by atoms with Crippen molar-refractivity contribution in [3.8, 4) is 0 Å². The van der Waals surface area contributed by atoms with Gasteiger partial charge in [0.15, 0.2) is 0 Å². The Bertz CT molecular complexity index is 277. The number of hydrogen-bond donors (Lipinski definition) is 5. The number of carbonyl (C=O) groups is 1. The Morgan fingerprint density at radius 2 is 1.50 bits per heavy atom. The Labute approximate surface area is 128 Å². The van der Waals surface area contributed by atoms with Crippen molar-refractivity contribution in [1.82, 2.24) is 5.32 Å². The zero-order valence-electron chi connectivity index (χ0n) is 12.0. The average Bonchev–Trinajstić information content (AvgIpc) is 2.41. The molecule has 0 aromatic carbocycles. The van der Waals surface area contributed by atoms with Gasteiger partial charge in [-0.2, -0.15) is 0 Å². The quantitative estimate of drug-likeness (QED) is 0.341. The van der Waals surface area contributed by atoms with E-state index in [9.17, 15) is 25.2 Å². The Balaban J connectivity index is 4.50. The van der Waals surface area contributed by atoms with E-state index >= 15 is 0 Å². The number of hydrogen-bond acceptors (Lipinski definition) is 7. The van der Waals surface area contributed by atoms with E-state index in [0.29, 0.717) is 0 Å². The molecule has 0 aliphatic heterocycles. The molecule has 0 saturated carbocycles. The third-order valence-corrected chi connectivity index (χ3v) is 5.29. The topological polar surface area (TPSA) is 110 Å². The minimum atomic E-state index is -1.52. The van der Waals surface area contributed by atoms with Crippen molar-refractivity contribution in [2.75, 3.05) is 18.1 Å². The van der Waals surface area contributed by atoms with Crippen LogP contribution in [0, 0.1) is 0 Å². The highest BCUT2D eigenvalue weighted by atomic mass is 32.2. The molecule has 0 bridgehead atoms. The molecule has 1 amide bonds. The van der Waals surface area contributed by atoms with Crippen molar-refractivity contribution in [3.63, 3.8) is 0 Å². The monoisotopic (exact) mass is 327 g/mol. The lowest BCUT2D eigenvalue weighted by Crippen LogP contribution is -2.50. The smallest absolute Gasteiger partial charge is 0.216 e. The van der Waals surface area contributed by atoms with Crippen LogP contribution in [0.3, 0.4) is 0 Å². The molecular formula is C12H25NO5S2. The molecule has 4 atom stereocenters. The molecule has 0 aliphatic carbocycles. The minimum absolute atomic E-state index is 0.174. The fourth-order valence-electron chi connectivity index (χ4n) is 1.53. The zero-order chi connectivity index (χ0) is 15.7. The first-order chi connectivity index (χ1) is 9.34. The molecular weight excluding hydrogens is 302 g/mol. The summed E-state index contributed by atoms with van der Waals surface area (Å²) in [5, 5.41) is 41.9. The summed E-state index contributed by atoms with van der Waals surface area (Å²) >= 11 is 2.95. The molecule has 0 aliphatic rings. The lowest BCUT2D eigenvalue weighted by atomic mass is 10.0. The lowest BCUT2D eigenvalue weighted by molar-refractivity contribution is -0.122. The highest BCUT2D eigenvalue weighted by molar-refractivity contribution is 8.17. The van der Waals surface area contributed by atoms with E-state index in [-0.39, 0.29) is 17.0 Å². The third-order valence-electron chi connectivity index (χ3n) is 2.59. The molecule has 4 unspecified atom stereocenters. The highest BCUT2D eigenvalue weighted by Gasteiger charge is 2.35. The van der Waals surface area contributed by atoms with E-state index in [1.54, 1.807) is 0 Å². The molecule has 20 heavy (non-hydrogen) atoms. The summed E-state index contributed by atoms with van der Waals surface area (Å²) in [4.78, 5) is 10.7. The molecule has 0 saturated heterocycles. The summed E-state index contributed by atoms with van der Waals surface area (Å²) in [6.07, 6.45) is -5.48. The predicted molar refractivity (Wildman–Crippen MR) is 82.8 cm³/mol. The van der Waals surface area contributed by atoms with Gasteiger partial charge in [-0.25, -0.2) is 0 Å². The zero-order valence-corrected chi connectivity index (χ0v) is 13.7. The normalized spacial score (nSPS) is 17.6. The number of carbonyl (C=O) groups excluding carboxylic acids is 1. The number of rotatable bonds is 10. The van der Waals surface area contributed by atoms with Crippen molar-refractivity contribution in [3.05, 3.63) is 0 Å². The summed E-state index contributed by atoms with van der Waals surface area (Å²) in [5.74, 6) is 1.20. The van der Waals surface area contributed by atoms with Crippen molar-refractivity contribution in [1.29, 1.82) is 0 Å². The van der Waals surface area contributed by atoms with Crippen molar-refractivity contribution < 1.29 is 25.2 Å². The number of nitrogens with one attached hydrogen (secondary N) is 1. The molecule has 8 heteroatoms. The van der Waals surface area contributed by atoms with Gasteiger partial charge in [0, 0.05) is 13.5 Å². The van der Waals surface area contributed by atoms with E-state index in [1.165, 1.54) is 30.4 Å². The SMILES string of the molecule is CCSC(SCC)C(O)C(O)C(O)C(O)CNC(C)=O. The lowest BCUT2D eigenvalue weighted by Gasteiger charge is -2.30. The maximum atomic E-state index is 10.7. The molecule has 0 fully saturated rings. The standard InChI is InChI=1S/C12H25NO5S2/c1-4-19-12(20-5-2)11(18)10(17)9(16)8(15)6-13-7(3)14/h8-12,15-18H,4-6H2,1-3H3,(H,13,14). The fraction of sp³-hybridized carbons (Fsp3) is 0.917. The van der Waals surface area contributed by atoms with Crippen LogP contribution in [0.15, 0.2) is 0 Å². The number of thioether (sulfide) groups is 2. The van der Waals surface area contributed by atoms with Crippen LogP contribution in [0.1, 0.15) is 20.8 Å². The molecule has 0 spiro atoms. The number of aliphatic hydroxyl groups is 4. The van der Waals surface area contributed by atoms with Gasteiger partial charge in [0.05, 0.1) is 10.7 Å².